The second-order valence-electron chi connectivity index (χ2n) is 6.35. The van der Waals surface area contributed by atoms with E-state index < -0.39 is 16.0 Å². The largest absolute Gasteiger partial charge is 0.423 e. The molecule has 1 aliphatic rings. The standard InChI is InChI=1S/C19H21NO4S/c1-14-10-15(2)12-17(11-14)24-19(21)16-6-5-7-18(13-16)25(22,23)20-8-3-4-9-20/h5-7,10-13H,3-4,8-9H2,1-2H3. The van der Waals surface area contributed by atoms with Crippen molar-refractivity contribution in [3.05, 3.63) is 59.2 Å². The lowest BCUT2D eigenvalue weighted by molar-refractivity contribution is 0.0734. The summed E-state index contributed by atoms with van der Waals surface area (Å²) in [6, 6.07) is 11.6. The van der Waals surface area contributed by atoms with E-state index in [4.69, 9.17) is 4.74 Å². The van der Waals surface area contributed by atoms with Gasteiger partial charge in [-0.25, -0.2) is 13.2 Å². The minimum Gasteiger partial charge on any atom is -0.423 e. The Hall–Kier alpha value is -2.18. The van der Waals surface area contributed by atoms with Crippen LogP contribution >= 0.6 is 0 Å². The molecule has 0 aliphatic carbocycles. The van der Waals surface area contributed by atoms with Crippen molar-refractivity contribution in [2.75, 3.05) is 13.1 Å². The summed E-state index contributed by atoms with van der Waals surface area (Å²) >= 11 is 0. The zero-order chi connectivity index (χ0) is 18.0. The zero-order valence-corrected chi connectivity index (χ0v) is 15.2. The van der Waals surface area contributed by atoms with Crippen molar-refractivity contribution < 1.29 is 17.9 Å². The smallest absolute Gasteiger partial charge is 0.343 e. The number of benzene rings is 2. The lowest BCUT2D eigenvalue weighted by Gasteiger charge is -2.15. The van der Waals surface area contributed by atoms with Crippen LogP contribution in [0.2, 0.25) is 0 Å². The number of hydrogen-bond acceptors (Lipinski definition) is 4. The van der Waals surface area contributed by atoms with Crippen LogP contribution in [0.4, 0.5) is 0 Å². The van der Waals surface area contributed by atoms with E-state index in [0.29, 0.717) is 18.8 Å². The summed E-state index contributed by atoms with van der Waals surface area (Å²) in [6.07, 6.45) is 1.74. The van der Waals surface area contributed by atoms with Crippen LogP contribution in [0.5, 0.6) is 5.75 Å². The molecule has 0 unspecified atom stereocenters. The Kier molecular flexibility index (Phi) is 4.92. The summed E-state index contributed by atoms with van der Waals surface area (Å²) < 4.78 is 32.1. The predicted octanol–water partition coefficient (Wildman–Crippen LogP) is 3.31. The molecular weight excluding hydrogens is 338 g/mol. The predicted molar refractivity (Wildman–Crippen MR) is 95.3 cm³/mol. The first-order chi connectivity index (χ1) is 11.9. The quantitative estimate of drug-likeness (QED) is 0.621. The molecule has 0 amide bonds. The lowest BCUT2D eigenvalue weighted by Crippen LogP contribution is -2.28. The summed E-state index contributed by atoms with van der Waals surface area (Å²) in [5, 5.41) is 0. The van der Waals surface area contributed by atoms with Crippen molar-refractivity contribution >= 4 is 16.0 Å². The van der Waals surface area contributed by atoms with E-state index in [2.05, 4.69) is 0 Å². The number of carbonyl (C=O) groups is 1. The van der Waals surface area contributed by atoms with E-state index >= 15 is 0 Å². The van der Waals surface area contributed by atoms with Crippen molar-refractivity contribution in [1.29, 1.82) is 0 Å². The third kappa shape index (κ3) is 3.91. The van der Waals surface area contributed by atoms with Crippen LogP contribution in [-0.4, -0.2) is 31.8 Å². The molecule has 0 atom stereocenters. The SMILES string of the molecule is Cc1cc(C)cc(OC(=O)c2cccc(S(=O)(=O)N3CCCC3)c2)c1. The molecule has 132 valence electrons. The minimum atomic E-state index is -3.56. The molecule has 1 saturated heterocycles. The van der Waals surface area contributed by atoms with E-state index in [1.165, 1.54) is 16.4 Å². The van der Waals surface area contributed by atoms with E-state index in [1.807, 2.05) is 19.9 Å². The molecule has 25 heavy (non-hydrogen) atoms. The maximum Gasteiger partial charge on any atom is 0.343 e. The Bertz CT molecular complexity index is 879. The monoisotopic (exact) mass is 359 g/mol. The van der Waals surface area contributed by atoms with Crippen molar-refractivity contribution in [2.45, 2.75) is 31.6 Å². The van der Waals surface area contributed by atoms with Gasteiger partial charge in [-0.1, -0.05) is 12.1 Å². The summed E-state index contributed by atoms with van der Waals surface area (Å²) in [5.41, 5.74) is 2.21. The molecule has 2 aromatic carbocycles. The van der Waals surface area contributed by atoms with Crippen molar-refractivity contribution in [3.63, 3.8) is 0 Å². The van der Waals surface area contributed by atoms with E-state index in [9.17, 15) is 13.2 Å². The number of carbonyl (C=O) groups excluding carboxylic acids is 1. The van der Waals surface area contributed by atoms with Crippen molar-refractivity contribution in [2.24, 2.45) is 0 Å². The maximum absolute atomic E-state index is 12.6. The Morgan fingerprint density at radius 1 is 1.00 bits per heavy atom. The second kappa shape index (κ2) is 6.98. The molecule has 6 heteroatoms. The molecule has 2 aromatic rings. The Balaban J connectivity index is 1.84. The van der Waals surface area contributed by atoms with E-state index in [1.54, 1.807) is 24.3 Å². The zero-order valence-electron chi connectivity index (χ0n) is 14.4. The summed E-state index contributed by atoms with van der Waals surface area (Å²) in [7, 11) is -3.56. The normalized spacial score (nSPS) is 15.3. The van der Waals surface area contributed by atoms with Gasteiger partial charge in [-0.2, -0.15) is 4.31 Å². The number of aryl methyl sites for hydroxylation is 2. The molecule has 1 fully saturated rings. The second-order valence-corrected chi connectivity index (χ2v) is 8.29. The lowest BCUT2D eigenvalue weighted by atomic mass is 10.1. The minimum absolute atomic E-state index is 0.129. The van der Waals surface area contributed by atoms with Gasteiger partial charge in [-0.15, -0.1) is 0 Å². The van der Waals surface area contributed by atoms with Gasteiger partial charge < -0.3 is 4.74 Å². The Morgan fingerprint density at radius 2 is 1.64 bits per heavy atom. The highest BCUT2D eigenvalue weighted by Crippen LogP contribution is 2.23. The van der Waals surface area contributed by atoms with Crippen LogP contribution in [0.15, 0.2) is 47.4 Å². The van der Waals surface area contributed by atoms with Crippen LogP contribution in [0, 0.1) is 13.8 Å². The molecule has 3 rings (SSSR count). The Morgan fingerprint density at radius 3 is 2.28 bits per heavy atom. The van der Waals surface area contributed by atoms with Gasteiger partial charge in [0.05, 0.1) is 10.5 Å². The van der Waals surface area contributed by atoms with Crippen LogP contribution in [0.25, 0.3) is 0 Å². The summed E-state index contributed by atoms with van der Waals surface area (Å²) in [6.45, 7) is 4.90. The van der Waals surface area contributed by atoms with E-state index in [0.717, 1.165) is 24.0 Å². The van der Waals surface area contributed by atoms with Crippen LogP contribution in [-0.2, 0) is 10.0 Å². The topological polar surface area (TPSA) is 63.7 Å². The molecule has 0 N–H and O–H groups in total. The van der Waals surface area contributed by atoms with Gasteiger partial charge in [0.1, 0.15) is 5.75 Å². The van der Waals surface area contributed by atoms with Gasteiger partial charge >= 0.3 is 5.97 Å². The molecule has 0 radical (unpaired) electrons. The highest BCUT2D eigenvalue weighted by molar-refractivity contribution is 7.89. The molecule has 0 saturated carbocycles. The van der Waals surface area contributed by atoms with Crippen LogP contribution in [0.3, 0.4) is 0 Å². The number of rotatable bonds is 4. The molecule has 1 heterocycles. The molecule has 5 nitrogen and oxygen atoms in total. The van der Waals surface area contributed by atoms with Gasteiger partial charge in [-0.3, -0.25) is 0 Å². The van der Waals surface area contributed by atoms with E-state index in [-0.39, 0.29) is 10.5 Å². The number of hydrogen-bond donors (Lipinski definition) is 0. The van der Waals surface area contributed by atoms with Gasteiger partial charge in [0.15, 0.2) is 0 Å². The van der Waals surface area contributed by atoms with Crippen molar-refractivity contribution in [3.8, 4) is 5.75 Å². The first-order valence-electron chi connectivity index (χ1n) is 8.27. The first-order valence-corrected chi connectivity index (χ1v) is 9.71. The van der Waals surface area contributed by atoms with Gasteiger partial charge in [0.2, 0.25) is 10.0 Å². The molecular formula is C19H21NO4S. The van der Waals surface area contributed by atoms with Gasteiger partial charge in [0, 0.05) is 13.1 Å². The molecule has 0 bridgehead atoms. The molecule has 0 aromatic heterocycles. The van der Waals surface area contributed by atoms with Crippen LogP contribution in [0.1, 0.15) is 34.3 Å². The fourth-order valence-corrected chi connectivity index (χ4v) is 4.58. The van der Waals surface area contributed by atoms with Gasteiger partial charge in [0.25, 0.3) is 0 Å². The average Bonchev–Trinajstić information content (AvgIpc) is 3.09. The third-order valence-corrected chi connectivity index (χ3v) is 6.07. The number of ether oxygens (including phenoxy) is 1. The van der Waals surface area contributed by atoms with Crippen LogP contribution < -0.4 is 4.74 Å². The first kappa shape index (κ1) is 17.6. The summed E-state index contributed by atoms with van der Waals surface area (Å²) in [4.78, 5) is 12.5. The fraction of sp³-hybridized carbons (Fsp3) is 0.316. The number of sulfonamides is 1. The number of esters is 1. The summed E-state index contributed by atoms with van der Waals surface area (Å²) in [5.74, 6) is -0.112. The van der Waals surface area contributed by atoms with Crippen molar-refractivity contribution in [1.82, 2.24) is 4.31 Å². The Labute approximate surface area is 148 Å². The molecule has 0 spiro atoms. The number of nitrogens with zero attached hydrogens (tertiary/aromatic N) is 1. The molecule has 1 aliphatic heterocycles. The highest BCUT2D eigenvalue weighted by Gasteiger charge is 2.27. The average molecular weight is 359 g/mol. The highest BCUT2D eigenvalue weighted by atomic mass is 32.2. The fourth-order valence-electron chi connectivity index (χ4n) is 3.02. The maximum atomic E-state index is 12.6. The van der Waals surface area contributed by atoms with Gasteiger partial charge in [-0.05, 0) is 68.1 Å². The third-order valence-electron chi connectivity index (χ3n) is 4.18.